The molecule has 0 fully saturated rings. The Morgan fingerprint density at radius 2 is 1.80 bits per heavy atom. The van der Waals surface area contributed by atoms with Crippen LogP contribution < -0.4 is 4.74 Å². The molecule has 0 aliphatic carbocycles. The SMILES string of the molecule is COc1ncc(-c2ccccc2Cl)cn1. The van der Waals surface area contributed by atoms with Crippen LogP contribution in [-0.4, -0.2) is 17.1 Å². The van der Waals surface area contributed by atoms with Crippen molar-refractivity contribution in [3.05, 3.63) is 41.7 Å². The molecule has 0 radical (unpaired) electrons. The number of ether oxygens (including phenoxy) is 1. The molecule has 2 rings (SSSR count). The van der Waals surface area contributed by atoms with Gasteiger partial charge in [0.1, 0.15) is 0 Å². The van der Waals surface area contributed by atoms with E-state index in [1.807, 2.05) is 24.3 Å². The Hall–Kier alpha value is -1.61. The molecular weight excluding hydrogens is 212 g/mol. The number of rotatable bonds is 2. The van der Waals surface area contributed by atoms with Crippen LogP contribution in [0.1, 0.15) is 0 Å². The molecule has 0 aliphatic rings. The minimum absolute atomic E-state index is 0.353. The van der Waals surface area contributed by atoms with Gasteiger partial charge in [0.15, 0.2) is 0 Å². The van der Waals surface area contributed by atoms with Crippen molar-refractivity contribution in [1.82, 2.24) is 9.97 Å². The molecule has 1 heterocycles. The summed E-state index contributed by atoms with van der Waals surface area (Å²) >= 11 is 6.05. The Labute approximate surface area is 92.7 Å². The van der Waals surface area contributed by atoms with Crippen LogP contribution in [0.15, 0.2) is 36.7 Å². The number of nitrogens with zero attached hydrogens (tertiary/aromatic N) is 2. The topological polar surface area (TPSA) is 35.0 Å². The summed E-state index contributed by atoms with van der Waals surface area (Å²) in [5.74, 6) is 0. The van der Waals surface area contributed by atoms with E-state index in [2.05, 4.69) is 9.97 Å². The fraction of sp³-hybridized carbons (Fsp3) is 0.0909. The summed E-state index contributed by atoms with van der Waals surface area (Å²) in [6.07, 6.45) is 3.38. The average molecular weight is 221 g/mol. The van der Waals surface area contributed by atoms with Crippen LogP contribution in [0.2, 0.25) is 5.02 Å². The van der Waals surface area contributed by atoms with Crippen molar-refractivity contribution in [2.24, 2.45) is 0 Å². The Morgan fingerprint density at radius 1 is 1.13 bits per heavy atom. The zero-order chi connectivity index (χ0) is 10.7. The zero-order valence-corrected chi connectivity index (χ0v) is 8.90. The number of hydrogen-bond acceptors (Lipinski definition) is 3. The second-order valence-corrected chi connectivity index (χ2v) is 3.35. The first-order valence-corrected chi connectivity index (χ1v) is 4.80. The van der Waals surface area contributed by atoms with Gasteiger partial charge in [-0.1, -0.05) is 29.8 Å². The van der Waals surface area contributed by atoms with E-state index < -0.39 is 0 Å². The summed E-state index contributed by atoms with van der Waals surface area (Å²) in [6.45, 7) is 0. The number of hydrogen-bond donors (Lipinski definition) is 0. The predicted octanol–water partition coefficient (Wildman–Crippen LogP) is 2.81. The average Bonchev–Trinajstić information content (AvgIpc) is 2.30. The first-order valence-electron chi connectivity index (χ1n) is 4.42. The highest BCUT2D eigenvalue weighted by atomic mass is 35.5. The second kappa shape index (κ2) is 4.28. The van der Waals surface area contributed by atoms with E-state index in [9.17, 15) is 0 Å². The largest absolute Gasteiger partial charge is 0.467 e. The summed E-state index contributed by atoms with van der Waals surface area (Å²) in [5.41, 5.74) is 1.79. The molecule has 0 spiro atoms. The molecule has 2 aromatic rings. The predicted molar refractivity (Wildman–Crippen MR) is 59.0 cm³/mol. The third-order valence-corrected chi connectivity index (χ3v) is 2.33. The summed E-state index contributed by atoms with van der Waals surface area (Å²) in [6, 6.07) is 7.92. The lowest BCUT2D eigenvalue weighted by Crippen LogP contribution is -1.91. The minimum Gasteiger partial charge on any atom is -0.467 e. The molecular formula is C11H9ClN2O. The van der Waals surface area contributed by atoms with Crippen molar-refractivity contribution in [2.75, 3.05) is 7.11 Å². The van der Waals surface area contributed by atoms with Gasteiger partial charge in [0.05, 0.1) is 7.11 Å². The van der Waals surface area contributed by atoms with Crippen LogP contribution in [0.5, 0.6) is 6.01 Å². The third-order valence-electron chi connectivity index (χ3n) is 2.00. The van der Waals surface area contributed by atoms with Gasteiger partial charge < -0.3 is 4.74 Å². The molecule has 1 aromatic heterocycles. The maximum absolute atomic E-state index is 6.05. The number of methoxy groups -OCH3 is 1. The van der Waals surface area contributed by atoms with Crippen molar-refractivity contribution in [3.63, 3.8) is 0 Å². The van der Waals surface area contributed by atoms with Gasteiger partial charge >= 0.3 is 6.01 Å². The quantitative estimate of drug-likeness (QED) is 0.781. The lowest BCUT2D eigenvalue weighted by molar-refractivity contribution is 0.380. The summed E-state index contributed by atoms with van der Waals surface area (Å²) < 4.78 is 4.88. The summed E-state index contributed by atoms with van der Waals surface area (Å²) in [7, 11) is 1.53. The van der Waals surface area contributed by atoms with Gasteiger partial charge in [-0.25, -0.2) is 9.97 Å². The Balaban J connectivity index is 2.42. The summed E-state index contributed by atoms with van der Waals surface area (Å²) in [5, 5.41) is 0.686. The highest BCUT2D eigenvalue weighted by Gasteiger charge is 2.03. The van der Waals surface area contributed by atoms with Crippen LogP contribution in [0, 0.1) is 0 Å². The number of halogens is 1. The molecule has 0 N–H and O–H groups in total. The molecule has 0 atom stereocenters. The molecule has 0 aliphatic heterocycles. The maximum Gasteiger partial charge on any atom is 0.316 e. The van der Waals surface area contributed by atoms with Gasteiger partial charge in [-0.15, -0.1) is 0 Å². The molecule has 76 valence electrons. The van der Waals surface area contributed by atoms with Crippen LogP contribution in [0.4, 0.5) is 0 Å². The van der Waals surface area contributed by atoms with Crippen LogP contribution in [0.25, 0.3) is 11.1 Å². The molecule has 15 heavy (non-hydrogen) atoms. The second-order valence-electron chi connectivity index (χ2n) is 2.94. The van der Waals surface area contributed by atoms with Crippen LogP contribution in [-0.2, 0) is 0 Å². The van der Waals surface area contributed by atoms with Crippen LogP contribution >= 0.6 is 11.6 Å². The Bertz CT molecular complexity index is 456. The van der Waals surface area contributed by atoms with E-state index in [-0.39, 0.29) is 0 Å². The van der Waals surface area contributed by atoms with Crippen molar-refractivity contribution in [2.45, 2.75) is 0 Å². The first kappa shape index (κ1) is 9.93. The number of benzene rings is 1. The van der Waals surface area contributed by atoms with Gasteiger partial charge in [-0.2, -0.15) is 0 Å². The van der Waals surface area contributed by atoms with E-state index in [0.29, 0.717) is 11.0 Å². The number of aromatic nitrogens is 2. The standard InChI is InChI=1S/C11H9ClN2O/c1-15-11-13-6-8(7-14-11)9-4-2-3-5-10(9)12/h2-7H,1H3. The lowest BCUT2D eigenvalue weighted by Gasteiger charge is -2.03. The van der Waals surface area contributed by atoms with Gasteiger partial charge in [0, 0.05) is 28.5 Å². The van der Waals surface area contributed by atoms with Gasteiger partial charge in [0.25, 0.3) is 0 Å². The molecule has 0 unspecified atom stereocenters. The first-order chi connectivity index (χ1) is 7.31. The van der Waals surface area contributed by atoms with E-state index in [0.717, 1.165) is 11.1 Å². The van der Waals surface area contributed by atoms with Crippen molar-refractivity contribution < 1.29 is 4.74 Å². The Morgan fingerprint density at radius 3 is 2.40 bits per heavy atom. The fourth-order valence-electron chi connectivity index (χ4n) is 1.26. The Kier molecular flexibility index (Phi) is 2.83. The van der Waals surface area contributed by atoms with Crippen molar-refractivity contribution in [3.8, 4) is 17.1 Å². The third kappa shape index (κ3) is 2.07. The van der Waals surface area contributed by atoms with Crippen molar-refractivity contribution >= 4 is 11.6 Å². The van der Waals surface area contributed by atoms with E-state index in [4.69, 9.17) is 16.3 Å². The van der Waals surface area contributed by atoms with Gasteiger partial charge in [-0.3, -0.25) is 0 Å². The van der Waals surface area contributed by atoms with E-state index in [1.54, 1.807) is 12.4 Å². The van der Waals surface area contributed by atoms with Gasteiger partial charge in [0.2, 0.25) is 0 Å². The molecule has 0 bridgehead atoms. The van der Waals surface area contributed by atoms with Crippen molar-refractivity contribution in [1.29, 1.82) is 0 Å². The summed E-state index contributed by atoms with van der Waals surface area (Å²) in [4.78, 5) is 8.05. The van der Waals surface area contributed by atoms with E-state index in [1.165, 1.54) is 7.11 Å². The molecule has 0 saturated heterocycles. The molecule has 1 aromatic carbocycles. The van der Waals surface area contributed by atoms with Gasteiger partial charge in [-0.05, 0) is 6.07 Å². The lowest BCUT2D eigenvalue weighted by atomic mass is 10.1. The highest BCUT2D eigenvalue weighted by molar-refractivity contribution is 6.33. The van der Waals surface area contributed by atoms with E-state index >= 15 is 0 Å². The smallest absolute Gasteiger partial charge is 0.316 e. The van der Waals surface area contributed by atoms with Crippen LogP contribution in [0.3, 0.4) is 0 Å². The molecule has 0 saturated carbocycles. The molecule has 0 amide bonds. The minimum atomic E-state index is 0.353. The maximum atomic E-state index is 6.05. The zero-order valence-electron chi connectivity index (χ0n) is 8.14. The fourth-order valence-corrected chi connectivity index (χ4v) is 1.50. The highest BCUT2D eigenvalue weighted by Crippen LogP contribution is 2.26. The monoisotopic (exact) mass is 220 g/mol. The molecule has 3 nitrogen and oxygen atoms in total. The molecule has 4 heteroatoms. The normalized spacial score (nSPS) is 10.0.